The molecule has 38 heavy (non-hydrogen) atoms. The first-order valence-electron chi connectivity index (χ1n) is 12.6. The number of ether oxygens (including phenoxy) is 3. The minimum absolute atomic E-state index is 0.0268. The van der Waals surface area contributed by atoms with Crippen molar-refractivity contribution >= 4 is 17.5 Å². The van der Waals surface area contributed by atoms with Crippen LogP contribution in [-0.4, -0.2) is 81.2 Å². The molecule has 9 heteroatoms. The van der Waals surface area contributed by atoms with Crippen molar-refractivity contribution in [3.05, 3.63) is 77.6 Å². The fraction of sp³-hybridized carbons (Fsp3) is 0.345. The van der Waals surface area contributed by atoms with E-state index in [4.69, 9.17) is 14.2 Å². The van der Waals surface area contributed by atoms with Gasteiger partial charge < -0.3 is 28.9 Å². The van der Waals surface area contributed by atoms with Gasteiger partial charge in [0.15, 0.2) is 11.5 Å². The number of pyridine rings is 1. The van der Waals surface area contributed by atoms with Crippen LogP contribution in [-0.2, 0) is 4.79 Å². The van der Waals surface area contributed by atoms with Crippen molar-refractivity contribution in [1.29, 1.82) is 0 Å². The van der Waals surface area contributed by atoms with E-state index in [2.05, 4.69) is 9.88 Å². The Hall–Kier alpha value is -4.27. The third-order valence-corrected chi connectivity index (χ3v) is 7.50. The Labute approximate surface area is 222 Å². The van der Waals surface area contributed by atoms with Crippen LogP contribution in [0.4, 0.5) is 5.69 Å². The first-order chi connectivity index (χ1) is 18.5. The molecule has 1 aromatic heterocycles. The number of carbonyl (C=O) groups is 2. The van der Waals surface area contributed by atoms with Gasteiger partial charge in [0, 0.05) is 56.9 Å². The molecule has 0 bridgehead atoms. The molecule has 2 aromatic carbocycles. The van der Waals surface area contributed by atoms with Crippen molar-refractivity contribution < 1.29 is 23.8 Å². The highest BCUT2D eigenvalue weighted by Gasteiger charge is 2.45. The monoisotopic (exact) mass is 516 g/mol. The zero-order valence-electron chi connectivity index (χ0n) is 22.1. The molecular formula is C29H32N4O5. The number of hydrogen-bond donors (Lipinski definition) is 0. The number of aromatic nitrogens is 1. The van der Waals surface area contributed by atoms with Crippen molar-refractivity contribution in [1.82, 2.24) is 14.8 Å². The van der Waals surface area contributed by atoms with E-state index < -0.39 is 12.0 Å². The molecule has 2 atom stereocenters. The SMILES string of the molecule is COc1ccc(N2CCN(C(=O)[C@H]3c4cc(OC)c(OC)cc4C(=O)N(C)[C@@H]3c3cccnc3)CC2)cc1. The maximum atomic E-state index is 14.3. The standard InChI is InChI=1S/C29H32N4O5/c1-31-27(19-6-5-11-30-18-19)26(22-16-24(37-3)25(38-4)17-23(22)28(31)34)29(35)33-14-12-32(13-15-33)20-7-9-21(36-2)10-8-20/h5-11,16-18,26-27H,12-15H2,1-4H3/t26-,27+/m0/s1. The van der Waals surface area contributed by atoms with Crippen LogP contribution in [0.5, 0.6) is 17.2 Å². The smallest absolute Gasteiger partial charge is 0.254 e. The Bertz CT molecular complexity index is 1310. The molecule has 2 amide bonds. The van der Waals surface area contributed by atoms with Crippen LogP contribution >= 0.6 is 0 Å². The Morgan fingerprint density at radius 1 is 0.921 bits per heavy atom. The maximum Gasteiger partial charge on any atom is 0.254 e. The van der Waals surface area contributed by atoms with E-state index in [0.29, 0.717) is 48.8 Å². The van der Waals surface area contributed by atoms with E-state index in [9.17, 15) is 9.59 Å². The van der Waals surface area contributed by atoms with Gasteiger partial charge in [0.25, 0.3) is 5.91 Å². The number of hydrogen-bond acceptors (Lipinski definition) is 7. The van der Waals surface area contributed by atoms with Gasteiger partial charge in [-0.15, -0.1) is 0 Å². The quantitative estimate of drug-likeness (QED) is 0.497. The fourth-order valence-corrected chi connectivity index (χ4v) is 5.46. The molecule has 3 heterocycles. The summed E-state index contributed by atoms with van der Waals surface area (Å²) in [5.74, 6) is 0.918. The van der Waals surface area contributed by atoms with Crippen molar-refractivity contribution in [3.63, 3.8) is 0 Å². The molecule has 0 unspecified atom stereocenters. The molecular weight excluding hydrogens is 484 g/mol. The molecule has 0 radical (unpaired) electrons. The van der Waals surface area contributed by atoms with Crippen LogP contribution in [0.25, 0.3) is 0 Å². The number of rotatable bonds is 6. The topological polar surface area (TPSA) is 84.4 Å². The fourth-order valence-electron chi connectivity index (χ4n) is 5.46. The minimum atomic E-state index is -0.621. The summed E-state index contributed by atoms with van der Waals surface area (Å²) in [6.07, 6.45) is 3.41. The summed E-state index contributed by atoms with van der Waals surface area (Å²) in [6, 6.07) is 14.6. The molecule has 1 fully saturated rings. The first-order valence-corrected chi connectivity index (χ1v) is 12.6. The lowest BCUT2D eigenvalue weighted by atomic mass is 9.79. The molecule has 0 spiro atoms. The molecule has 0 saturated carbocycles. The van der Waals surface area contributed by atoms with E-state index in [0.717, 1.165) is 17.0 Å². The molecule has 5 rings (SSSR count). The van der Waals surface area contributed by atoms with E-state index in [1.165, 1.54) is 7.11 Å². The molecule has 9 nitrogen and oxygen atoms in total. The van der Waals surface area contributed by atoms with Crippen LogP contribution in [0.15, 0.2) is 60.9 Å². The lowest BCUT2D eigenvalue weighted by Crippen LogP contribution is -2.53. The first kappa shape index (κ1) is 25.4. The average molecular weight is 517 g/mol. The maximum absolute atomic E-state index is 14.3. The predicted octanol–water partition coefficient (Wildman–Crippen LogP) is 3.37. The summed E-state index contributed by atoms with van der Waals surface area (Å²) in [5.41, 5.74) is 2.98. The lowest BCUT2D eigenvalue weighted by Gasteiger charge is -2.43. The van der Waals surface area contributed by atoms with E-state index >= 15 is 0 Å². The van der Waals surface area contributed by atoms with Crippen LogP contribution < -0.4 is 19.1 Å². The summed E-state index contributed by atoms with van der Waals surface area (Å²) < 4.78 is 16.3. The highest BCUT2D eigenvalue weighted by Crippen LogP contribution is 2.46. The highest BCUT2D eigenvalue weighted by molar-refractivity contribution is 6.02. The van der Waals surface area contributed by atoms with Crippen molar-refractivity contribution in [3.8, 4) is 17.2 Å². The number of benzene rings is 2. The van der Waals surface area contributed by atoms with Crippen molar-refractivity contribution in [2.75, 3.05) is 59.5 Å². The predicted molar refractivity (Wildman–Crippen MR) is 143 cm³/mol. The molecule has 2 aliphatic rings. The largest absolute Gasteiger partial charge is 0.497 e. The van der Waals surface area contributed by atoms with Gasteiger partial charge in [0.05, 0.1) is 33.3 Å². The molecule has 0 aliphatic carbocycles. The number of carbonyl (C=O) groups excluding carboxylic acids is 2. The number of nitrogens with zero attached hydrogens (tertiary/aromatic N) is 4. The zero-order chi connectivity index (χ0) is 26.8. The van der Waals surface area contributed by atoms with Gasteiger partial charge in [-0.05, 0) is 53.6 Å². The molecule has 2 aliphatic heterocycles. The van der Waals surface area contributed by atoms with Crippen LogP contribution in [0.1, 0.15) is 33.4 Å². The van der Waals surface area contributed by atoms with Gasteiger partial charge >= 0.3 is 0 Å². The van der Waals surface area contributed by atoms with Gasteiger partial charge in [0.1, 0.15) is 5.75 Å². The molecule has 3 aromatic rings. The van der Waals surface area contributed by atoms with E-state index in [-0.39, 0.29) is 11.8 Å². The third kappa shape index (κ3) is 4.49. The number of piperazine rings is 1. The number of fused-ring (bicyclic) bond motifs is 1. The highest BCUT2D eigenvalue weighted by atomic mass is 16.5. The van der Waals surface area contributed by atoms with Crippen LogP contribution in [0.3, 0.4) is 0 Å². The van der Waals surface area contributed by atoms with Crippen molar-refractivity contribution in [2.24, 2.45) is 0 Å². The number of amides is 2. The van der Waals surface area contributed by atoms with Crippen LogP contribution in [0, 0.1) is 0 Å². The van der Waals surface area contributed by atoms with Crippen molar-refractivity contribution in [2.45, 2.75) is 12.0 Å². The summed E-state index contributed by atoms with van der Waals surface area (Å²) in [6.45, 7) is 2.55. The van der Waals surface area contributed by atoms with Gasteiger partial charge in [-0.25, -0.2) is 0 Å². The number of likely N-dealkylation sites (N-methyl/N-ethyl adjacent to an activating group) is 1. The van der Waals surface area contributed by atoms with Crippen LogP contribution in [0.2, 0.25) is 0 Å². The summed E-state index contributed by atoms with van der Waals surface area (Å²) >= 11 is 0. The second-order valence-corrected chi connectivity index (χ2v) is 9.43. The van der Waals surface area contributed by atoms with Gasteiger partial charge in [-0.1, -0.05) is 6.07 Å². The molecule has 198 valence electrons. The lowest BCUT2D eigenvalue weighted by molar-refractivity contribution is -0.134. The van der Waals surface area contributed by atoms with Gasteiger partial charge in [-0.3, -0.25) is 14.6 Å². The van der Waals surface area contributed by atoms with Gasteiger partial charge in [0.2, 0.25) is 5.91 Å². The number of methoxy groups -OCH3 is 3. The summed E-state index contributed by atoms with van der Waals surface area (Å²) in [7, 11) is 6.47. The van der Waals surface area contributed by atoms with E-state index in [1.807, 2.05) is 41.3 Å². The zero-order valence-corrected chi connectivity index (χ0v) is 22.1. The Kier molecular flexibility index (Phi) is 7.09. The second-order valence-electron chi connectivity index (χ2n) is 9.43. The Morgan fingerprint density at radius 3 is 2.21 bits per heavy atom. The van der Waals surface area contributed by atoms with Gasteiger partial charge in [-0.2, -0.15) is 0 Å². The Morgan fingerprint density at radius 2 is 1.61 bits per heavy atom. The summed E-state index contributed by atoms with van der Waals surface area (Å²) in [5, 5.41) is 0. The normalized spacial score (nSPS) is 19.2. The minimum Gasteiger partial charge on any atom is -0.497 e. The molecule has 0 N–H and O–H groups in total. The average Bonchev–Trinajstić information content (AvgIpc) is 2.98. The molecule has 1 saturated heterocycles. The van der Waals surface area contributed by atoms with E-state index in [1.54, 1.807) is 50.7 Å². The number of anilines is 1. The third-order valence-electron chi connectivity index (χ3n) is 7.50. The summed E-state index contributed by atoms with van der Waals surface area (Å²) in [4.78, 5) is 37.9. The second kappa shape index (κ2) is 10.6. The Balaban J connectivity index is 1.49.